The van der Waals surface area contributed by atoms with Crippen molar-refractivity contribution in [2.75, 3.05) is 26.3 Å². The fourth-order valence-corrected chi connectivity index (χ4v) is 1.12. The third-order valence-corrected chi connectivity index (χ3v) is 2.12. The van der Waals surface area contributed by atoms with Gasteiger partial charge in [-0.3, -0.25) is 4.79 Å². The molecule has 0 aliphatic heterocycles. The van der Waals surface area contributed by atoms with Gasteiger partial charge in [-0.1, -0.05) is 13.8 Å². The summed E-state index contributed by atoms with van der Waals surface area (Å²) < 4.78 is 4.71. The molecule has 0 fully saturated rings. The Kier molecular flexibility index (Phi) is 7.29. The molecule has 0 rings (SSSR count). The molecule has 3 N–H and O–H groups in total. The summed E-state index contributed by atoms with van der Waals surface area (Å²) in [7, 11) is 0. The third-order valence-electron chi connectivity index (χ3n) is 2.12. The second-order valence-electron chi connectivity index (χ2n) is 4.62. The van der Waals surface area contributed by atoms with Gasteiger partial charge in [0, 0.05) is 25.1 Å². The molecule has 0 aromatic heterocycles. The summed E-state index contributed by atoms with van der Waals surface area (Å²) >= 11 is 0. The van der Waals surface area contributed by atoms with Crippen molar-refractivity contribution in [1.29, 1.82) is 0 Å². The first-order chi connectivity index (χ1) is 7.41. The van der Waals surface area contributed by atoms with E-state index >= 15 is 0 Å². The molecule has 96 valence electrons. The normalized spacial score (nSPS) is 13.6. The van der Waals surface area contributed by atoms with Crippen LogP contribution in [0.3, 0.4) is 0 Å². The van der Waals surface area contributed by atoms with Crippen molar-refractivity contribution in [3.8, 4) is 0 Å². The number of nitrogens with one attached hydrogen (secondary N) is 1. The van der Waals surface area contributed by atoms with E-state index in [1.165, 1.54) is 0 Å². The predicted octanol–water partition coefficient (Wildman–Crippen LogP) is -0.0914. The molecule has 0 aromatic carbocycles. The first kappa shape index (κ1) is 15.3. The Morgan fingerprint density at radius 1 is 1.50 bits per heavy atom. The van der Waals surface area contributed by atoms with Crippen LogP contribution in [-0.2, 0) is 9.53 Å². The molecule has 0 aliphatic rings. The molecule has 0 amide bonds. The SMILES string of the molecule is CCOC(=O)CC(O)CNCC(C)(C)CO. The van der Waals surface area contributed by atoms with Crippen molar-refractivity contribution in [1.82, 2.24) is 5.32 Å². The summed E-state index contributed by atoms with van der Waals surface area (Å²) in [6.45, 7) is 6.87. The molecule has 0 bridgehead atoms. The van der Waals surface area contributed by atoms with E-state index in [1.807, 2.05) is 13.8 Å². The van der Waals surface area contributed by atoms with Gasteiger partial charge in [0.15, 0.2) is 0 Å². The summed E-state index contributed by atoms with van der Waals surface area (Å²) in [5.41, 5.74) is -0.219. The van der Waals surface area contributed by atoms with Crippen LogP contribution in [0.25, 0.3) is 0 Å². The Labute approximate surface area is 96.8 Å². The maximum absolute atomic E-state index is 11.0. The van der Waals surface area contributed by atoms with E-state index in [-0.39, 0.29) is 18.4 Å². The number of aliphatic hydroxyl groups excluding tert-OH is 2. The van der Waals surface area contributed by atoms with Gasteiger partial charge in [0.05, 0.1) is 19.1 Å². The quantitative estimate of drug-likeness (QED) is 0.511. The monoisotopic (exact) mass is 233 g/mol. The van der Waals surface area contributed by atoms with Gasteiger partial charge in [-0.05, 0) is 6.92 Å². The molecule has 1 atom stereocenters. The molecule has 16 heavy (non-hydrogen) atoms. The van der Waals surface area contributed by atoms with E-state index in [0.717, 1.165) is 0 Å². The van der Waals surface area contributed by atoms with Crippen LogP contribution in [0.5, 0.6) is 0 Å². The first-order valence-corrected chi connectivity index (χ1v) is 5.56. The number of rotatable bonds is 8. The van der Waals surface area contributed by atoms with E-state index in [4.69, 9.17) is 9.84 Å². The number of carbonyl (C=O) groups excluding carboxylic acids is 1. The molecule has 0 aromatic rings. The minimum atomic E-state index is -0.742. The Balaban J connectivity index is 3.65. The highest BCUT2D eigenvalue weighted by Crippen LogP contribution is 2.11. The lowest BCUT2D eigenvalue weighted by molar-refractivity contribution is -0.145. The average molecular weight is 233 g/mol. The minimum Gasteiger partial charge on any atom is -0.466 e. The fourth-order valence-electron chi connectivity index (χ4n) is 1.12. The summed E-state index contributed by atoms with van der Waals surface area (Å²) in [5, 5.41) is 21.5. The number of carbonyl (C=O) groups is 1. The van der Waals surface area contributed by atoms with Crippen molar-refractivity contribution in [3.05, 3.63) is 0 Å². The van der Waals surface area contributed by atoms with Gasteiger partial charge in [-0.15, -0.1) is 0 Å². The van der Waals surface area contributed by atoms with Crippen molar-refractivity contribution >= 4 is 5.97 Å². The van der Waals surface area contributed by atoms with E-state index in [0.29, 0.717) is 19.7 Å². The Hall–Kier alpha value is -0.650. The van der Waals surface area contributed by atoms with Crippen molar-refractivity contribution in [2.24, 2.45) is 5.41 Å². The van der Waals surface area contributed by atoms with Gasteiger partial charge in [0.1, 0.15) is 0 Å². The van der Waals surface area contributed by atoms with Gasteiger partial charge >= 0.3 is 5.97 Å². The van der Waals surface area contributed by atoms with Crippen molar-refractivity contribution in [2.45, 2.75) is 33.3 Å². The van der Waals surface area contributed by atoms with Gasteiger partial charge in [-0.2, -0.15) is 0 Å². The lowest BCUT2D eigenvalue weighted by Gasteiger charge is -2.22. The number of aliphatic hydroxyl groups is 2. The predicted molar refractivity (Wildman–Crippen MR) is 61.0 cm³/mol. The number of ether oxygens (including phenoxy) is 1. The summed E-state index contributed by atoms with van der Waals surface area (Å²) in [5.74, 6) is -0.391. The Morgan fingerprint density at radius 2 is 2.12 bits per heavy atom. The molecular formula is C11H23NO4. The van der Waals surface area contributed by atoms with Crippen molar-refractivity contribution in [3.63, 3.8) is 0 Å². The lowest BCUT2D eigenvalue weighted by Crippen LogP contribution is -2.37. The number of esters is 1. The zero-order valence-corrected chi connectivity index (χ0v) is 10.3. The second kappa shape index (κ2) is 7.60. The largest absolute Gasteiger partial charge is 0.466 e. The summed E-state index contributed by atoms with van der Waals surface area (Å²) in [6.07, 6.45) is -0.742. The smallest absolute Gasteiger partial charge is 0.308 e. The van der Waals surface area contributed by atoms with E-state index < -0.39 is 12.1 Å². The first-order valence-electron chi connectivity index (χ1n) is 5.56. The van der Waals surface area contributed by atoms with Crippen LogP contribution in [0, 0.1) is 5.41 Å². The van der Waals surface area contributed by atoms with Gasteiger partial charge in [0.2, 0.25) is 0 Å². The van der Waals surface area contributed by atoms with E-state index in [9.17, 15) is 9.90 Å². The van der Waals surface area contributed by atoms with Crippen LogP contribution in [-0.4, -0.2) is 48.6 Å². The van der Waals surface area contributed by atoms with Crippen LogP contribution >= 0.6 is 0 Å². The molecular weight excluding hydrogens is 210 g/mol. The zero-order valence-electron chi connectivity index (χ0n) is 10.3. The maximum Gasteiger partial charge on any atom is 0.308 e. The maximum atomic E-state index is 11.0. The van der Waals surface area contributed by atoms with Crippen LogP contribution < -0.4 is 5.32 Å². The van der Waals surface area contributed by atoms with Gasteiger partial charge in [-0.25, -0.2) is 0 Å². The van der Waals surface area contributed by atoms with Gasteiger partial charge < -0.3 is 20.3 Å². The lowest BCUT2D eigenvalue weighted by atomic mass is 9.95. The molecule has 0 heterocycles. The van der Waals surface area contributed by atoms with E-state index in [2.05, 4.69) is 5.32 Å². The van der Waals surface area contributed by atoms with Crippen LogP contribution in [0.2, 0.25) is 0 Å². The minimum absolute atomic E-state index is 0.000390. The third kappa shape index (κ3) is 7.62. The molecule has 0 spiro atoms. The zero-order chi connectivity index (χ0) is 12.6. The van der Waals surface area contributed by atoms with Crippen molar-refractivity contribution < 1.29 is 19.7 Å². The average Bonchev–Trinajstić information content (AvgIpc) is 2.17. The highest BCUT2D eigenvalue weighted by Gasteiger charge is 2.17. The van der Waals surface area contributed by atoms with Crippen LogP contribution in [0.4, 0.5) is 0 Å². The second-order valence-corrected chi connectivity index (χ2v) is 4.62. The standard InChI is InChI=1S/C11H23NO4/c1-4-16-10(15)5-9(14)6-12-7-11(2,3)8-13/h9,12-14H,4-8H2,1-3H3. The molecule has 0 aliphatic carbocycles. The molecule has 1 unspecified atom stereocenters. The van der Waals surface area contributed by atoms with Crippen LogP contribution in [0.15, 0.2) is 0 Å². The number of hydrogen-bond acceptors (Lipinski definition) is 5. The summed E-state index contributed by atoms with van der Waals surface area (Å²) in [4.78, 5) is 11.0. The Bertz CT molecular complexity index is 206. The summed E-state index contributed by atoms with van der Waals surface area (Å²) in [6, 6.07) is 0. The molecule has 5 heteroatoms. The fraction of sp³-hybridized carbons (Fsp3) is 0.909. The molecule has 0 saturated carbocycles. The topological polar surface area (TPSA) is 78.8 Å². The highest BCUT2D eigenvalue weighted by molar-refractivity contribution is 5.69. The molecule has 0 saturated heterocycles. The number of hydrogen-bond donors (Lipinski definition) is 3. The van der Waals surface area contributed by atoms with Crippen LogP contribution in [0.1, 0.15) is 27.2 Å². The molecule has 0 radical (unpaired) electrons. The Morgan fingerprint density at radius 3 is 2.62 bits per heavy atom. The van der Waals surface area contributed by atoms with E-state index in [1.54, 1.807) is 6.92 Å². The van der Waals surface area contributed by atoms with Gasteiger partial charge in [0.25, 0.3) is 0 Å². The molecule has 5 nitrogen and oxygen atoms in total. The highest BCUT2D eigenvalue weighted by atomic mass is 16.5.